The van der Waals surface area contributed by atoms with Gasteiger partial charge in [0.2, 0.25) is 0 Å². The Morgan fingerprint density at radius 2 is 1.76 bits per heavy atom. The lowest BCUT2D eigenvalue weighted by Crippen LogP contribution is -2.24. The minimum Gasteiger partial charge on any atom is -0.497 e. The average Bonchev–Trinajstić information content (AvgIpc) is 3.08. The maximum absolute atomic E-state index is 12.6. The van der Waals surface area contributed by atoms with Gasteiger partial charge in [-0.15, -0.1) is 0 Å². The third-order valence-electron chi connectivity index (χ3n) is 5.27. The van der Waals surface area contributed by atoms with Crippen molar-refractivity contribution in [1.82, 2.24) is 9.88 Å². The molecule has 8 heteroatoms. The highest BCUT2D eigenvalue weighted by Crippen LogP contribution is 2.24. The summed E-state index contributed by atoms with van der Waals surface area (Å²) in [6, 6.07) is 17.8. The van der Waals surface area contributed by atoms with Crippen LogP contribution in [-0.2, 0) is 21.2 Å². The van der Waals surface area contributed by atoms with Gasteiger partial charge in [-0.25, -0.2) is 8.42 Å². The fourth-order valence-electron chi connectivity index (χ4n) is 3.50. The van der Waals surface area contributed by atoms with Gasteiger partial charge in [0.15, 0.2) is 9.84 Å². The van der Waals surface area contributed by atoms with Gasteiger partial charge in [-0.1, -0.05) is 12.1 Å². The molecule has 0 atom stereocenters. The standard InChI is InChI=1S/C25H25N3O4S/c1-17-13-20(18(2)28(17)22-7-9-23(32-3)10-8-22)14-21(15-26)25(29)27-16-19-5-11-24(12-6-19)33(4,30)31/h5-14H,16H2,1-4H3,(H,27,29). The molecule has 3 rings (SSSR count). The van der Waals surface area contributed by atoms with Gasteiger partial charge in [-0.05, 0) is 73.5 Å². The molecule has 0 spiro atoms. The number of aromatic nitrogens is 1. The van der Waals surface area contributed by atoms with E-state index in [2.05, 4.69) is 5.32 Å². The molecular formula is C25H25N3O4S. The normalized spacial score (nSPS) is 11.7. The number of carbonyl (C=O) groups is 1. The maximum atomic E-state index is 12.6. The average molecular weight is 464 g/mol. The number of hydrogen-bond acceptors (Lipinski definition) is 5. The second kappa shape index (κ2) is 9.76. The number of rotatable bonds is 7. The minimum atomic E-state index is -3.28. The Morgan fingerprint density at radius 3 is 2.30 bits per heavy atom. The van der Waals surface area contributed by atoms with Gasteiger partial charge in [0.1, 0.15) is 17.4 Å². The Kier molecular flexibility index (Phi) is 7.04. The van der Waals surface area contributed by atoms with Gasteiger partial charge < -0.3 is 14.6 Å². The van der Waals surface area contributed by atoms with Gasteiger partial charge in [-0.3, -0.25) is 4.79 Å². The Morgan fingerprint density at radius 1 is 1.12 bits per heavy atom. The molecule has 0 unspecified atom stereocenters. The van der Waals surface area contributed by atoms with Crippen molar-refractivity contribution in [3.05, 3.63) is 82.7 Å². The number of carbonyl (C=O) groups excluding carboxylic acids is 1. The van der Waals surface area contributed by atoms with E-state index in [1.54, 1.807) is 25.3 Å². The molecule has 0 fully saturated rings. The molecule has 7 nitrogen and oxygen atoms in total. The number of aryl methyl sites for hydroxylation is 1. The second-order valence-corrected chi connectivity index (χ2v) is 9.64. The lowest BCUT2D eigenvalue weighted by Gasteiger charge is -2.10. The summed E-state index contributed by atoms with van der Waals surface area (Å²) in [4.78, 5) is 12.8. The van der Waals surface area contributed by atoms with Crippen LogP contribution in [0.15, 0.2) is 65.1 Å². The second-order valence-electron chi connectivity index (χ2n) is 7.63. The fourth-order valence-corrected chi connectivity index (χ4v) is 4.13. The Bertz CT molecular complexity index is 1340. The van der Waals surface area contributed by atoms with Crippen molar-refractivity contribution >= 4 is 21.8 Å². The van der Waals surface area contributed by atoms with Crippen molar-refractivity contribution in [3.63, 3.8) is 0 Å². The van der Waals surface area contributed by atoms with E-state index in [4.69, 9.17) is 4.74 Å². The predicted octanol–water partition coefficient (Wildman–Crippen LogP) is 3.73. The first-order valence-electron chi connectivity index (χ1n) is 10.2. The third-order valence-corrected chi connectivity index (χ3v) is 6.40. The van der Waals surface area contributed by atoms with Gasteiger partial charge >= 0.3 is 0 Å². The van der Waals surface area contributed by atoms with Crippen molar-refractivity contribution in [2.75, 3.05) is 13.4 Å². The molecule has 0 bridgehead atoms. The van der Waals surface area contributed by atoms with Crippen LogP contribution in [-0.4, -0.2) is 32.3 Å². The summed E-state index contributed by atoms with van der Waals surface area (Å²) in [6.45, 7) is 4.06. The molecule has 2 aromatic carbocycles. The highest BCUT2D eigenvalue weighted by molar-refractivity contribution is 7.90. The van der Waals surface area contributed by atoms with E-state index in [1.807, 2.05) is 54.8 Å². The van der Waals surface area contributed by atoms with Crippen LogP contribution in [0.2, 0.25) is 0 Å². The molecule has 0 aliphatic rings. The molecule has 0 saturated heterocycles. The number of nitrogens with one attached hydrogen (secondary N) is 1. The smallest absolute Gasteiger partial charge is 0.262 e. The van der Waals surface area contributed by atoms with Crippen LogP contribution in [0, 0.1) is 25.2 Å². The molecule has 33 heavy (non-hydrogen) atoms. The quantitative estimate of drug-likeness (QED) is 0.425. The van der Waals surface area contributed by atoms with E-state index in [0.29, 0.717) is 0 Å². The largest absolute Gasteiger partial charge is 0.497 e. The number of amides is 1. The summed E-state index contributed by atoms with van der Waals surface area (Å²) < 4.78 is 30.4. The summed E-state index contributed by atoms with van der Waals surface area (Å²) in [5.41, 5.74) is 4.30. The molecule has 1 N–H and O–H groups in total. The van der Waals surface area contributed by atoms with Crippen molar-refractivity contribution in [3.8, 4) is 17.5 Å². The van der Waals surface area contributed by atoms with E-state index in [9.17, 15) is 18.5 Å². The van der Waals surface area contributed by atoms with Crippen LogP contribution in [0.5, 0.6) is 5.75 Å². The molecule has 1 amide bonds. The number of nitriles is 1. The summed E-state index contributed by atoms with van der Waals surface area (Å²) in [5.74, 6) is 0.259. The minimum absolute atomic E-state index is 0.0160. The number of methoxy groups -OCH3 is 1. The van der Waals surface area contributed by atoms with Crippen molar-refractivity contribution in [2.45, 2.75) is 25.3 Å². The van der Waals surface area contributed by atoms with Gasteiger partial charge in [0, 0.05) is 29.9 Å². The Hall–Kier alpha value is -3.83. The molecule has 0 radical (unpaired) electrons. The molecule has 0 saturated carbocycles. The van der Waals surface area contributed by atoms with E-state index in [0.717, 1.165) is 40.2 Å². The van der Waals surface area contributed by atoms with E-state index in [-0.39, 0.29) is 17.0 Å². The number of ether oxygens (including phenoxy) is 1. The molecule has 1 aromatic heterocycles. The van der Waals surface area contributed by atoms with Gasteiger partial charge in [0.05, 0.1) is 12.0 Å². The van der Waals surface area contributed by atoms with Gasteiger partial charge in [0.25, 0.3) is 5.91 Å². The molecule has 0 aliphatic heterocycles. The van der Waals surface area contributed by atoms with E-state index < -0.39 is 15.7 Å². The molecule has 170 valence electrons. The number of sulfone groups is 1. The maximum Gasteiger partial charge on any atom is 0.262 e. The highest BCUT2D eigenvalue weighted by Gasteiger charge is 2.14. The van der Waals surface area contributed by atoms with Crippen molar-refractivity contribution in [2.24, 2.45) is 0 Å². The summed E-state index contributed by atoms with van der Waals surface area (Å²) >= 11 is 0. The lowest BCUT2D eigenvalue weighted by atomic mass is 10.1. The zero-order valence-corrected chi connectivity index (χ0v) is 19.7. The monoisotopic (exact) mass is 463 g/mol. The summed E-state index contributed by atoms with van der Waals surface area (Å²) in [6.07, 6.45) is 2.71. The first kappa shape index (κ1) is 23.8. The Balaban J connectivity index is 1.78. The first-order valence-corrected chi connectivity index (χ1v) is 12.1. The topological polar surface area (TPSA) is 101 Å². The lowest BCUT2D eigenvalue weighted by molar-refractivity contribution is -0.117. The van der Waals surface area contributed by atoms with Crippen molar-refractivity contribution in [1.29, 1.82) is 5.26 Å². The predicted molar refractivity (Wildman–Crippen MR) is 127 cm³/mol. The van der Waals surface area contributed by atoms with E-state index >= 15 is 0 Å². The number of nitrogens with zero attached hydrogens (tertiary/aromatic N) is 2. The highest BCUT2D eigenvalue weighted by atomic mass is 32.2. The van der Waals surface area contributed by atoms with Crippen LogP contribution >= 0.6 is 0 Å². The summed E-state index contributed by atoms with van der Waals surface area (Å²) in [5, 5.41) is 12.3. The van der Waals surface area contributed by atoms with Crippen LogP contribution in [0.25, 0.3) is 11.8 Å². The fraction of sp³-hybridized carbons (Fsp3) is 0.200. The first-order chi connectivity index (χ1) is 15.6. The summed E-state index contributed by atoms with van der Waals surface area (Å²) in [7, 11) is -1.67. The zero-order chi connectivity index (χ0) is 24.2. The SMILES string of the molecule is COc1ccc(-n2c(C)cc(C=C(C#N)C(=O)NCc3ccc(S(C)(=O)=O)cc3)c2C)cc1. The van der Waals surface area contributed by atoms with Crippen LogP contribution < -0.4 is 10.1 Å². The molecule has 0 aliphatic carbocycles. The molecular weight excluding hydrogens is 438 g/mol. The van der Waals surface area contributed by atoms with Crippen molar-refractivity contribution < 1.29 is 17.9 Å². The van der Waals surface area contributed by atoms with E-state index in [1.165, 1.54) is 12.1 Å². The number of benzene rings is 2. The molecule has 1 heterocycles. The zero-order valence-electron chi connectivity index (χ0n) is 18.9. The van der Waals surface area contributed by atoms with Crippen LogP contribution in [0.4, 0.5) is 0 Å². The molecule has 3 aromatic rings. The third kappa shape index (κ3) is 5.51. The van der Waals surface area contributed by atoms with Crippen LogP contribution in [0.1, 0.15) is 22.5 Å². The van der Waals surface area contributed by atoms with Gasteiger partial charge in [-0.2, -0.15) is 5.26 Å². The van der Waals surface area contributed by atoms with Crippen LogP contribution in [0.3, 0.4) is 0 Å². The Labute approximate surface area is 193 Å². The number of hydrogen-bond donors (Lipinski definition) is 1.